The smallest absolute Gasteiger partial charge is 0.123 e. The first kappa shape index (κ1) is 18.1. The average molecular weight is 408 g/mol. The molecule has 7 heteroatoms. The van der Waals surface area contributed by atoms with Crippen LogP contribution in [0.3, 0.4) is 0 Å². The van der Waals surface area contributed by atoms with Gasteiger partial charge in [0.1, 0.15) is 5.82 Å². The summed E-state index contributed by atoms with van der Waals surface area (Å²) >= 11 is 6.48. The van der Waals surface area contributed by atoms with Crippen LogP contribution in [0.15, 0.2) is 60.9 Å². The Hall–Kier alpha value is -2.96. The second-order valence-corrected chi connectivity index (χ2v) is 7.65. The van der Waals surface area contributed by atoms with Gasteiger partial charge in [-0.15, -0.1) is 0 Å². The van der Waals surface area contributed by atoms with Crippen LogP contribution in [-0.4, -0.2) is 31.4 Å². The minimum absolute atomic E-state index is 0.267. The van der Waals surface area contributed by atoms with Gasteiger partial charge in [0.05, 0.1) is 22.6 Å². The fourth-order valence-corrected chi connectivity index (χ4v) is 4.01. The number of halogens is 2. The number of H-pyrrole nitrogens is 1. The van der Waals surface area contributed by atoms with Gasteiger partial charge in [-0.1, -0.05) is 29.8 Å². The molecule has 0 fully saturated rings. The van der Waals surface area contributed by atoms with E-state index in [2.05, 4.69) is 15.1 Å². The zero-order valence-electron chi connectivity index (χ0n) is 15.6. The summed E-state index contributed by atoms with van der Waals surface area (Å²) in [6.45, 7) is 2.53. The Kier molecular flexibility index (Phi) is 4.66. The Morgan fingerprint density at radius 1 is 1.10 bits per heavy atom. The summed E-state index contributed by atoms with van der Waals surface area (Å²) in [5.74, 6) is -0.267. The molecule has 0 amide bonds. The Labute approximate surface area is 172 Å². The summed E-state index contributed by atoms with van der Waals surface area (Å²) in [4.78, 5) is 2.38. The van der Waals surface area contributed by atoms with E-state index in [1.807, 2.05) is 36.7 Å². The highest BCUT2D eigenvalue weighted by molar-refractivity contribution is 6.33. The lowest BCUT2D eigenvalue weighted by Crippen LogP contribution is -2.29. The predicted octanol–water partition coefficient (Wildman–Crippen LogP) is 4.61. The first-order valence-electron chi connectivity index (χ1n) is 9.50. The first-order chi connectivity index (χ1) is 14.2. The number of nitrogens with one attached hydrogen (secondary N) is 1. The quantitative estimate of drug-likeness (QED) is 0.537. The third-order valence-corrected chi connectivity index (χ3v) is 5.61. The SMILES string of the molecule is Fc1ccc(-n2cc(CN3CCc4[nH]ncc4C3)c(-c3ccccc3Cl)n2)cc1. The number of aromatic amines is 1. The maximum atomic E-state index is 13.3. The third-order valence-electron chi connectivity index (χ3n) is 5.28. The van der Waals surface area contributed by atoms with Crippen LogP contribution in [0, 0.1) is 5.82 Å². The Morgan fingerprint density at radius 2 is 1.93 bits per heavy atom. The lowest BCUT2D eigenvalue weighted by Gasteiger charge is -2.26. The van der Waals surface area contributed by atoms with Gasteiger partial charge in [-0.25, -0.2) is 9.07 Å². The molecular formula is C22H19ClFN5. The van der Waals surface area contributed by atoms with Crippen LogP contribution in [0.2, 0.25) is 5.02 Å². The zero-order valence-corrected chi connectivity index (χ0v) is 16.4. The Bertz CT molecular complexity index is 1150. The Balaban J connectivity index is 1.52. The molecule has 0 unspecified atom stereocenters. The number of benzene rings is 2. The minimum atomic E-state index is -0.267. The van der Waals surface area contributed by atoms with E-state index >= 15 is 0 Å². The number of hydrogen-bond donors (Lipinski definition) is 1. The third kappa shape index (κ3) is 3.57. The molecule has 29 heavy (non-hydrogen) atoms. The summed E-state index contributed by atoms with van der Waals surface area (Å²) in [5.41, 5.74) is 6.08. The molecular weight excluding hydrogens is 389 g/mol. The van der Waals surface area contributed by atoms with Crippen molar-refractivity contribution in [1.29, 1.82) is 0 Å². The van der Waals surface area contributed by atoms with Crippen molar-refractivity contribution < 1.29 is 4.39 Å². The van der Waals surface area contributed by atoms with Gasteiger partial charge < -0.3 is 0 Å². The van der Waals surface area contributed by atoms with Gasteiger partial charge in [0.2, 0.25) is 0 Å². The van der Waals surface area contributed by atoms with Crippen LogP contribution in [0.5, 0.6) is 0 Å². The standard InChI is InChI=1S/C22H19ClFN5/c23-20-4-2-1-3-19(20)22-16(13-28-10-9-21-15(12-28)11-25-26-21)14-29(27-22)18-7-5-17(24)6-8-18/h1-8,11,14H,9-10,12-13H2,(H,25,26). The van der Waals surface area contributed by atoms with Crippen LogP contribution in [0.4, 0.5) is 4.39 Å². The number of aromatic nitrogens is 4. The molecule has 0 saturated carbocycles. The van der Waals surface area contributed by atoms with E-state index < -0.39 is 0 Å². The van der Waals surface area contributed by atoms with Gasteiger partial charge in [-0.3, -0.25) is 10.00 Å². The molecule has 0 aliphatic carbocycles. The molecule has 1 N–H and O–H groups in total. The molecule has 1 aliphatic heterocycles. The molecule has 4 aromatic rings. The van der Waals surface area contributed by atoms with Gasteiger partial charge in [0.25, 0.3) is 0 Å². The second kappa shape index (κ2) is 7.46. The fourth-order valence-electron chi connectivity index (χ4n) is 3.79. The van der Waals surface area contributed by atoms with Gasteiger partial charge in [-0.2, -0.15) is 10.2 Å². The molecule has 0 radical (unpaired) electrons. The summed E-state index contributed by atoms with van der Waals surface area (Å²) in [6.07, 6.45) is 4.86. The van der Waals surface area contributed by atoms with Gasteiger partial charge in [0, 0.05) is 54.6 Å². The molecule has 0 bridgehead atoms. The van der Waals surface area contributed by atoms with E-state index in [1.54, 1.807) is 16.8 Å². The van der Waals surface area contributed by atoms with Crippen LogP contribution >= 0.6 is 11.6 Å². The summed E-state index contributed by atoms with van der Waals surface area (Å²) in [6, 6.07) is 14.0. The number of nitrogens with zero attached hydrogens (tertiary/aromatic N) is 4. The van der Waals surface area contributed by atoms with Crippen LogP contribution in [0.1, 0.15) is 16.8 Å². The number of rotatable bonds is 4. The van der Waals surface area contributed by atoms with Gasteiger partial charge in [-0.05, 0) is 30.3 Å². The van der Waals surface area contributed by atoms with Crippen molar-refractivity contribution in [3.8, 4) is 16.9 Å². The number of hydrogen-bond acceptors (Lipinski definition) is 3. The van der Waals surface area contributed by atoms with Crippen molar-refractivity contribution in [1.82, 2.24) is 24.9 Å². The molecule has 0 saturated heterocycles. The summed E-state index contributed by atoms with van der Waals surface area (Å²) < 4.78 is 15.1. The summed E-state index contributed by atoms with van der Waals surface area (Å²) in [7, 11) is 0. The highest BCUT2D eigenvalue weighted by Crippen LogP contribution is 2.31. The lowest BCUT2D eigenvalue weighted by atomic mass is 10.1. The van der Waals surface area contributed by atoms with E-state index in [0.29, 0.717) is 5.02 Å². The highest BCUT2D eigenvalue weighted by Gasteiger charge is 2.21. The summed E-state index contributed by atoms with van der Waals surface area (Å²) in [5, 5.41) is 12.7. The van der Waals surface area contributed by atoms with E-state index in [4.69, 9.17) is 16.7 Å². The topological polar surface area (TPSA) is 49.7 Å². The number of fused-ring (bicyclic) bond motifs is 1. The van der Waals surface area contributed by atoms with Crippen molar-refractivity contribution >= 4 is 11.6 Å². The highest BCUT2D eigenvalue weighted by atomic mass is 35.5. The van der Waals surface area contributed by atoms with Crippen molar-refractivity contribution in [3.63, 3.8) is 0 Å². The van der Waals surface area contributed by atoms with Crippen LogP contribution < -0.4 is 0 Å². The molecule has 0 spiro atoms. The van der Waals surface area contributed by atoms with Crippen molar-refractivity contribution in [2.45, 2.75) is 19.5 Å². The van der Waals surface area contributed by atoms with Crippen LogP contribution in [0.25, 0.3) is 16.9 Å². The molecule has 5 rings (SSSR count). The molecule has 0 atom stereocenters. The van der Waals surface area contributed by atoms with Gasteiger partial charge >= 0.3 is 0 Å². The predicted molar refractivity (Wildman–Crippen MR) is 110 cm³/mol. The molecule has 2 aromatic heterocycles. The largest absolute Gasteiger partial charge is 0.294 e. The minimum Gasteiger partial charge on any atom is -0.294 e. The van der Waals surface area contributed by atoms with E-state index in [1.165, 1.54) is 23.4 Å². The maximum absolute atomic E-state index is 13.3. The molecule has 2 aromatic carbocycles. The maximum Gasteiger partial charge on any atom is 0.123 e. The fraction of sp³-hybridized carbons (Fsp3) is 0.182. The first-order valence-corrected chi connectivity index (χ1v) is 9.88. The van der Waals surface area contributed by atoms with Crippen LogP contribution in [-0.2, 0) is 19.5 Å². The molecule has 1 aliphatic rings. The normalized spacial score (nSPS) is 14.1. The molecule has 3 heterocycles. The van der Waals surface area contributed by atoms with E-state index in [-0.39, 0.29) is 5.82 Å². The second-order valence-electron chi connectivity index (χ2n) is 7.24. The lowest BCUT2D eigenvalue weighted by molar-refractivity contribution is 0.245. The molecule has 5 nitrogen and oxygen atoms in total. The molecule has 146 valence electrons. The van der Waals surface area contributed by atoms with E-state index in [0.717, 1.165) is 48.6 Å². The monoisotopic (exact) mass is 407 g/mol. The van der Waals surface area contributed by atoms with Crippen molar-refractivity contribution in [3.05, 3.63) is 88.6 Å². The zero-order chi connectivity index (χ0) is 19.8. The van der Waals surface area contributed by atoms with Gasteiger partial charge in [0.15, 0.2) is 0 Å². The Morgan fingerprint density at radius 3 is 2.76 bits per heavy atom. The van der Waals surface area contributed by atoms with E-state index in [9.17, 15) is 4.39 Å². The van der Waals surface area contributed by atoms with Crippen molar-refractivity contribution in [2.75, 3.05) is 6.54 Å². The van der Waals surface area contributed by atoms with Crippen molar-refractivity contribution in [2.24, 2.45) is 0 Å². The average Bonchev–Trinajstić information content (AvgIpc) is 3.36.